The molecule has 4 aromatic rings. The van der Waals surface area contributed by atoms with Crippen molar-refractivity contribution < 1.29 is 0 Å². The number of aromatic nitrogens is 6. The number of nitrogens with zero attached hydrogens (tertiary/aromatic N) is 6. The van der Waals surface area contributed by atoms with E-state index in [0.29, 0.717) is 17.7 Å². The molecule has 0 radical (unpaired) electrons. The van der Waals surface area contributed by atoms with Gasteiger partial charge in [-0.1, -0.05) is 11.3 Å². The Balaban J connectivity index is 1.68. The number of nitrogens with one attached hydrogen (secondary N) is 2. The zero-order valence-electron chi connectivity index (χ0n) is 16.5. The van der Waals surface area contributed by atoms with Gasteiger partial charge in [-0.05, 0) is 33.8 Å². The Labute approximate surface area is 167 Å². The molecule has 0 aliphatic heterocycles. The van der Waals surface area contributed by atoms with Crippen molar-refractivity contribution in [2.45, 2.75) is 33.7 Å². The first-order chi connectivity index (χ1) is 13.5. The summed E-state index contributed by atoms with van der Waals surface area (Å²) >= 11 is 1.54. The smallest absolute Gasteiger partial charge is 0.183 e. The van der Waals surface area contributed by atoms with E-state index in [9.17, 15) is 0 Å². The second-order valence-electron chi connectivity index (χ2n) is 6.76. The molecule has 0 saturated carbocycles. The molecule has 4 rings (SSSR count). The molecule has 9 heteroatoms. The molecule has 8 nitrogen and oxygen atoms in total. The van der Waals surface area contributed by atoms with Crippen molar-refractivity contribution in [3.05, 3.63) is 36.0 Å². The largest absolute Gasteiger partial charge is 0.365 e. The average Bonchev–Trinajstić information content (AvgIpc) is 3.20. The minimum absolute atomic E-state index is 0.321. The van der Waals surface area contributed by atoms with Crippen molar-refractivity contribution in [2.24, 2.45) is 0 Å². The van der Waals surface area contributed by atoms with E-state index in [1.165, 1.54) is 11.3 Å². The number of pyridine rings is 1. The first kappa shape index (κ1) is 18.3. The minimum Gasteiger partial charge on any atom is -0.365 e. The quantitative estimate of drug-likeness (QED) is 0.520. The third kappa shape index (κ3) is 3.29. The van der Waals surface area contributed by atoms with Gasteiger partial charge in [0.05, 0.1) is 22.3 Å². The van der Waals surface area contributed by atoms with Crippen LogP contribution in [0.15, 0.2) is 24.5 Å². The van der Waals surface area contributed by atoms with Crippen molar-refractivity contribution in [3.63, 3.8) is 0 Å². The minimum atomic E-state index is 0.321. The number of hydrogen-bond acceptors (Lipinski definition) is 8. The highest BCUT2D eigenvalue weighted by Crippen LogP contribution is 2.31. The van der Waals surface area contributed by atoms with Crippen LogP contribution >= 0.6 is 11.3 Å². The summed E-state index contributed by atoms with van der Waals surface area (Å²) < 4.78 is 2.20. The Kier molecular flexibility index (Phi) is 4.68. The molecule has 0 aliphatic rings. The van der Waals surface area contributed by atoms with Crippen LogP contribution in [0.4, 0.5) is 16.8 Å². The van der Waals surface area contributed by atoms with Gasteiger partial charge in [0.1, 0.15) is 23.0 Å². The van der Waals surface area contributed by atoms with Gasteiger partial charge >= 0.3 is 0 Å². The van der Waals surface area contributed by atoms with E-state index < -0.39 is 0 Å². The van der Waals surface area contributed by atoms with E-state index in [0.717, 1.165) is 38.4 Å². The van der Waals surface area contributed by atoms with Gasteiger partial charge in [0.25, 0.3) is 0 Å². The van der Waals surface area contributed by atoms with E-state index >= 15 is 0 Å². The van der Waals surface area contributed by atoms with Gasteiger partial charge in [-0.25, -0.2) is 24.9 Å². The monoisotopic (exact) mass is 394 g/mol. The van der Waals surface area contributed by atoms with Crippen molar-refractivity contribution in [1.82, 2.24) is 29.5 Å². The number of imidazole rings is 1. The molecule has 2 N–H and O–H groups in total. The lowest BCUT2D eigenvalue weighted by Gasteiger charge is -2.11. The van der Waals surface area contributed by atoms with Crippen molar-refractivity contribution in [1.29, 1.82) is 0 Å². The van der Waals surface area contributed by atoms with Crippen LogP contribution in [-0.2, 0) is 0 Å². The molecule has 0 aliphatic carbocycles. The molecule has 0 aromatic carbocycles. The summed E-state index contributed by atoms with van der Waals surface area (Å²) in [6.07, 6.45) is 3.53. The zero-order chi connectivity index (χ0) is 19.8. The van der Waals surface area contributed by atoms with Crippen molar-refractivity contribution in [2.75, 3.05) is 17.7 Å². The van der Waals surface area contributed by atoms with Crippen LogP contribution in [0.2, 0.25) is 0 Å². The molecular weight excluding hydrogens is 372 g/mol. The lowest BCUT2D eigenvalue weighted by atomic mass is 10.3. The van der Waals surface area contributed by atoms with Gasteiger partial charge in [-0.2, -0.15) is 0 Å². The molecule has 0 fully saturated rings. The van der Waals surface area contributed by atoms with Gasteiger partial charge in [0.2, 0.25) is 0 Å². The average molecular weight is 395 g/mol. The van der Waals surface area contributed by atoms with Crippen LogP contribution in [0.5, 0.6) is 0 Å². The molecule has 0 spiro atoms. The third-order valence-corrected chi connectivity index (χ3v) is 5.56. The normalized spacial score (nSPS) is 11.4. The van der Waals surface area contributed by atoms with E-state index in [-0.39, 0.29) is 0 Å². The number of hydrogen-bond donors (Lipinski definition) is 2. The fourth-order valence-electron chi connectivity index (χ4n) is 3.22. The maximum absolute atomic E-state index is 4.65. The fraction of sp³-hybridized carbons (Fsp3) is 0.316. The van der Waals surface area contributed by atoms with Crippen molar-refractivity contribution >= 4 is 39.1 Å². The van der Waals surface area contributed by atoms with Crippen molar-refractivity contribution in [3.8, 4) is 10.7 Å². The summed E-state index contributed by atoms with van der Waals surface area (Å²) in [5.74, 6) is 3.03. The molecule has 0 atom stereocenters. The summed E-state index contributed by atoms with van der Waals surface area (Å²) in [5.41, 5.74) is 2.85. The van der Waals surface area contributed by atoms with E-state index in [1.54, 1.807) is 12.4 Å². The van der Waals surface area contributed by atoms with Crippen LogP contribution in [0, 0.1) is 13.8 Å². The van der Waals surface area contributed by atoms with E-state index in [1.807, 2.05) is 33.0 Å². The highest BCUT2D eigenvalue weighted by Gasteiger charge is 2.14. The van der Waals surface area contributed by atoms with Crippen LogP contribution < -0.4 is 10.6 Å². The summed E-state index contributed by atoms with van der Waals surface area (Å²) in [5, 5.41) is 7.20. The predicted molar refractivity (Wildman–Crippen MR) is 113 cm³/mol. The maximum atomic E-state index is 4.65. The molecule has 0 saturated heterocycles. The lowest BCUT2D eigenvalue weighted by Crippen LogP contribution is -2.03. The lowest BCUT2D eigenvalue weighted by molar-refractivity contribution is 0.600. The Hall–Kier alpha value is -3.07. The van der Waals surface area contributed by atoms with Gasteiger partial charge in [-0.3, -0.25) is 0 Å². The number of fused-ring (bicyclic) bond motifs is 1. The number of anilines is 3. The van der Waals surface area contributed by atoms with Gasteiger partial charge in [0, 0.05) is 25.4 Å². The first-order valence-corrected chi connectivity index (χ1v) is 9.88. The SMILES string of the molecule is CNc1nc(C)c(-c2nccc(Nc3cc4c(cn3)nc(C)n4C(C)C)n2)s1. The summed E-state index contributed by atoms with van der Waals surface area (Å²) in [7, 11) is 1.85. The summed E-state index contributed by atoms with van der Waals surface area (Å²) in [6, 6.07) is 4.16. The van der Waals surface area contributed by atoms with Crippen LogP contribution in [0.3, 0.4) is 0 Å². The standard InChI is InChI=1S/C19H22N8S/c1-10(2)27-12(4)24-13-9-22-16(8-14(13)27)25-15-6-7-21-18(26-15)17-11(3)23-19(20-5)28-17/h6-10H,1-5H3,(H,20,23)(H,21,22,25,26). The highest BCUT2D eigenvalue weighted by molar-refractivity contribution is 7.19. The molecular formula is C19H22N8S. The summed E-state index contributed by atoms with van der Waals surface area (Å²) in [4.78, 5) is 23.5. The molecule has 0 bridgehead atoms. The molecule has 4 heterocycles. The Morgan fingerprint density at radius 2 is 1.89 bits per heavy atom. The van der Waals surface area contributed by atoms with Crippen LogP contribution in [0.1, 0.15) is 31.4 Å². The Bertz CT molecular complexity index is 1140. The molecule has 0 amide bonds. The van der Waals surface area contributed by atoms with Gasteiger partial charge < -0.3 is 15.2 Å². The molecule has 0 unspecified atom stereocenters. The first-order valence-electron chi connectivity index (χ1n) is 9.06. The molecule has 28 heavy (non-hydrogen) atoms. The van der Waals surface area contributed by atoms with Gasteiger partial charge in [-0.15, -0.1) is 0 Å². The second kappa shape index (κ2) is 7.16. The van der Waals surface area contributed by atoms with Gasteiger partial charge in [0.15, 0.2) is 11.0 Å². The topological polar surface area (TPSA) is 93.4 Å². The highest BCUT2D eigenvalue weighted by atomic mass is 32.1. The molecule has 4 aromatic heterocycles. The summed E-state index contributed by atoms with van der Waals surface area (Å²) in [6.45, 7) is 8.27. The van der Waals surface area contributed by atoms with E-state index in [4.69, 9.17) is 0 Å². The zero-order valence-corrected chi connectivity index (χ0v) is 17.3. The second-order valence-corrected chi connectivity index (χ2v) is 7.75. The predicted octanol–water partition coefficient (Wildman–Crippen LogP) is 4.33. The maximum Gasteiger partial charge on any atom is 0.183 e. The number of thiazole rings is 1. The third-order valence-electron chi connectivity index (χ3n) is 4.39. The fourth-order valence-corrected chi connectivity index (χ4v) is 4.08. The van der Waals surface area contributed by atoms with Crippen LogP contribution in [0.25, 0.3) is 21.7 Å². The Morgan fingerprint density at radius 1 is 1.07 bits per heavy atom. The van der Waals surface area contributed by atoms with E-state index in [2.05, 4.69) is 54.0 Å². The number of rotatable bonds is 5. The van der Waals surface area contributed by atoms with Crippen LogP contribution in [-0.4, -0.2) is 36.5 Å². The number of aryl methyl sites for hydroxylation is 2. The molecule has 144 valence electrons. The Morgan fingerprint density at radius 3 is 2.61 bits per heavy atom.